The average Bonchev–Trinajstić information content (AvgIpc) is 2.15. The van der Waals surface area contributed by atoms with Gasteiger partial charge in [0.15, 0.2) is 5.71 Å². The van der Waals surface area contributed by atoms with Crippen molar-refractivity contribution >= 4 is 12.0 Å². The van der Waals surface area contributed by atoms with Gasteiger partial charge in [-0.25, -0.2) is 0 Å². The van der Waals surface area contributed by atoms with Crippen LogP contribution in [0.3, 0.4) is 0 Å². The van der Waals surface area contributed by atoms with Crippen LogP contribution in [0.25, 0.3) is 0 Å². The van der Waals surface area contributed by atoms with E-state index in [0.29, 0.717) is 5.56 Å². The van der Waals surface area contributed by atoms with Crippen LogP contribution in [0.5, 0.6) is 0 Å². The maximum Gasteiger partial charge on any atom is 0.257 e. The SMILES string of the molecule is CO/N=C(\[C]=O)c1ccccc1. The van der Waals surface area contributed by atoms with Gasteiger partial charge in [-0.2, -0.15) is 0 Å². The van der Waals surface area contributed by atoms with Gasteiger partial charge >= 0.3 is 0 Å². The molecule has 0 unspecified atom stereocenters. The lowest BCUT2D eigenvalue weighted by atomic mass is 10.1. The summed E-state index contributed by atoms with van der Waals surface area (Å²) in [5, 5.41) is 3.51. The first-order valence-corrected chi connectivity index (χ1v) is 3.43. The number of nitrogens with zero attached hydrogens (tertiary/aromatic N) is 1. The standard InChI is InChI=1S/C9H8NO2/c1-12-10-9(7-11)8-5-3-2-4-6-8/h2-6H,1H3/b10-9+. The maximum absolute atomic E-state index is 10.4. The third-order valence-electron chi connectivity index (χ3n) is 1.33. The quantitative estimate of drug-likeness (QED) is 0.494. The largest absolute Gasteiger partial charge is 0.399 e. The molecule has 3 nitrogen and oxygen atoms in total. The van der Waals surface area contributed by atoms with E-state index in [-0.39, 0.29) is 5.71 Å². The molecular weight excluding hydrogens is 154 g/mol. The van der Waals surface area contributed by atoms with E-state index < -0.39 is 0 Å². The van der Waals surface area contributed by atoms with Gasteiger partial charge in [0.1, 0.15) is 7.11 Å². The van der Waals surface area contributed by atoms with E-state index in [1.165, 1.54) is 7.11 Å². The molecule has 1 radical (unpaired) electrons. The van der Waals surface area contributed by atoms with Crippen LogP contribution in [0.15, 0.2) is 35.5 Å². The summed E-state index contributed by atoms with van der Waals surface area (Å²) in [6.45, 7) is 0. The molecule has 61 valence electrons. The van der Waals surface area contributed by atoms with E-state index in [2.05, 4.69) is 9.99 Å². The van der Waals surface area contributed by atoms with E-state index in [0.717, 1.165) is 0 Å². The summed E-state index contributed by atoms with van der Waals surface area (Å²) in [7, 11) is 1.39. The Hall–Kier alpha value is -1.64. The molecule has 0 aliphatic rings. The van der Waals surface area contributed by atoms with Gasteiger partial charge in [-0.15, -0.1) is 0 Å². The Kier molecular flexibility index (Phi) is 3.02. The number of rotatable bonds is 3. The van der Waals surface area contributed by atoms with Crippen molar-refractivity contribution in [1.29, 1.82) is 0 Å². The third kappa shape index (κ3) is 1.92. The minimum Gasteiger partial charge on any atom is -0.399 e. The molecule has 1 rings (SSSR count). The van der Waals surface area contributed by atoms with Gasteiger partial charge in [-0.1, -0.05) is 35.5 Å². The van der Waals surface area contributed by atoms with Crippen molar-refractivity contribution in [2.75, 3.05) is 7.11 Å². The monoisotopic (exact) mass is 162 g/mol. The normalized spacial score (nSPS) is 10.9. The van der Waals surface area contributed by atoms with Gasteiger partial charge in [-0.05, 0) is 0 Å². The molecule has 0 heterocycles. The van der Waals surface area contributed by atoms with Crippen LogP contribution < -0.4 is 0 Å². The number of benzene rings is 1. The molecule has 1 aromatic carbocycles. The summed E-state index contributed by atoms with van der Waals surface area (Å²) in [5.74, 6) is 0. The van der Waals surface area contributed by atoms with Crippen LogP contribution in [0, 0.1) is 0 Å². The van der Waals surface area contributed by atoms with E-state index in [9.17, 15) is 4.79 Å². The highest BCUT2D eigenvalue weighted by atomic mass is 16.6. The molecule has 0 atom stereocenters. The number of oxime groups is 1. The predicted molar refractivity (Wildman–Crippen MR) is 45.7 cm³/mol. The molecule has 1 aromatic rings. The lowest BCUT2D eigenvalue weighted by molar-refractivity contribution is 0.214. The highest BCUT2D eigenvalue weighted by Gasteiger charge is 2.01. The molecule has 0 aliphatic carbocycles. The predicted octanol–water partition coefficient (Wildman–Crippen LogP) is 1.15. The van der Waals surface area contributed by atoms with Crippen LogP contribution >= 0.6 is 0 Å². The van der Waals surface area contributed by atoms with Gasteiger partial charge in [-0.3, -0.25) is 4.79 Å². The van der Waals surface area contributed by atoms with Crippen molar-refractivity contribution < 1.29 is 9.63 Å². The molecule has 12 heavy (non-hydrogen) atoms. The fourth-order valence-corrected chi connectivity index (χ4v) is 0.818. The molecule has 0 amide bonds. The van der Waals surface area contributed by atoms with Crippen molar-refractivity contribution in [1.82, 2.24) is 0 Å². The van der Waals surface area contributed by atoms with Crippen LogP contribution in [0.2, 0.25) is 0 Å². The van der Waals surface area contributed by atoms with Crippen molar-refractivity contribution in [3.8, 4) is 0 Å². The molecule has 0 fully saturated rings. The van der Waals surface area contributed by atoms with E-state index in [1.807, 2.05) is 18.2 Å². The minimum absolute atomic E-state index is 0.179. The summed E-state index contributed by atoms with van der Waals surface area (Å²) in [6.07, 6.45) is 1.69. The van der Waals surface area contributed by atoms with E-state index in [1.54, 1.807) is 18.4 Å². The first kappa shape index (κ1) is 8.46. The molecular formula is C9H8NO2. The van der Waals surface area contributed by atoms with Gasteiger partial charge in [0.2, 0.25) is 0 Å². The topological polar surface area (TPSA) is 38.7 Å². The van der Waals surface area contributed by atoms with Crippen molar-refractivity contribution in [2.24, 2.45) is 5.16 Å². The Morgan fingerprint density at radius 2 is 2.08 bits per heavy atom. The number of carbonyl (C=O) groups excluding carboxylic acids is 1. The van der Waals surface area contributed by atoms with Gasteiger partial charge in [0.25, 0.3) is 6.29 Å². The van der Waals surface area contributed by atoms with E-state index in [4.69, 9.17) is 0 Å². The highest BCUT2D eigenvalue weighted by molar-refractivity contribution is 6.36. The molecule has 0 saturated carbocycles. The molecule has 0 aliphatic heterocycles. The van der Waals surface area contributed by atoms with Crippen LogP contribution in [-0.4, -0.2) is 19.1 Å². The molecule has 0 aromatic heterocycles. The highest BCUT2D eigenvalue weighted by Crippen LogP contribution is 1.99. The molecule has 0 saturated heterocycles. The Morgan fingerprint density at radius 1 is 1.42 bits per heavy atom. The smallest absolute Gasteiger partial charge is 0.257 e. The van der Waals surface area contributed by atoms with Crippen LogP contribution in [0.4, 0.5) is 0 Å². The zero-order valence-corrected chi connectivity index (χ0v) is 6.65. The zero-order valence-electron chi connectivity index (χ0n) is 6.65. The van der Waals surface area contributed by atoms with Crippen LogP contribution in [-0.2, 0) is 9.63 Å². The first-order chi connectivity index (χ1) is 5.88. The lowest BCUT2D eigenvalue weighted by Crippen LogP contribution is -2.01. The fourth-order valence-electron chi connectivity index (χ4n) is 0.818. The summed E-state index contributed by atoms with van der Waals surface area (Å²) in [4.78, 5) is 14.8. The molecule has 0 spiro atoms. The summed E-state index contributed by atoms with van der Waals surface area (Å²) in [6, 6.07) is 9.03. The average molecular weight is 162 g/mol. The first-order valence-electron chi connectivity index (χ1n) is 3.43. The van der Waals surface area contributed by atoms with Gasteiger partial charge in [0, 0.05) is 5.56 Å². The lowest BCUT2D eigenvalue weighted by Gasteiger charge is -1.95. The second-order valence-electron chi connectivity index (χ2n) is 2.09. The second-order valence-corrected chi connectivity index (χ2v) is 2.09. The zero-order chi connectivity index (χ0) is 8.81. The minimum atomic E-state index is 0.179. The fraction of sp³-hybridized carbons (Fsp3) is 0.111. The van der Waals surface area contributed by atoms with Crippen molar-refractivity contribution in [3.05, 3.63) is 35.9 Å². The third-order valence-corrected chi connectivity index (χ3v) is 1.33. The maximum atomic E-state index is 10.4. The number of hydrogen-bond donors (Lipinski definition) is 0. The van der Waals surface area contributed by atoms with Crippen molar-refractivity contribution in [3.63, 3.8) is 0 Å². The molecule has 3 heteroatoms. The Morgan fingerprint density at radius 3 is 2.58 bits per heavy atom. The van der Waals surface area contributed by atoms with Gasteiger partial charge in [0.05, 0.1) is 0 Å². The van der Waals surface area contributed by atoms with Gasteiger partial charge < -0.3 is 4.84 Å². The Labute approximate surface area is 70.7 Å². The van der Waals surface area contributed by atoms with E-state index >= 15 is 0 Å². The summed E-state index contributed by atoms with van der Waals surface area (Å²) < 4.78 is 0. The molecule has 0 N–H and O–H groups in total. The Balaban J connectivity index is 2.96. The Bertz CT molecular complexity index is 280. The summed E-state index contributed by atoms with van der Waals surface area (Å²) >= 11 is 0. The summed E-state index contributed by atoms with van der Waals surface area (Å²) in [5.41, 5.74) is 0.882. The number of hydrogen-bond acceptors (Lipinski definition) is 3. The second kappa shape index (κ2) is 4.28. The van der Waals surface area contributed by atoms with Crippen molar-refractivity contribution in [2.45, 2.75) is 0 Å². The molecule has 0 bridgehead atoms. The van der Waals surface area contributed by atoms with Crippen LogP contribution in [0.1, 0.15) is 5.56 Å².